The maximum atomic E-state index is 5.48. The van der Waals surface area contributed by atoms with Crippen molar-refractivity contribution in [3.63, 3.8) is 0 Å². The fourth-order valence-corrected chi connectivity index (χ4v) is 2.90. The van der Waals surface area contributed by atoms with Crippen LogP contribution < -0.4 is 4.90 Å². The van der Waals surface area contributed by atoms with E-state index < -0.39 is 0 Å². The van der Waals surface area contributed by atoms with E-state index in [1.807, 2.05) is 25.1 Å². The van der Waals surface area contributed by atoms with Crippen molar-refractivity contribution in [2.45, 2.75) is 13.5 Å². The Balaban J connectivity index is 1.36. The molecular formula is C16H18N6O2. The van der Waals surface area contributed by atoms with E-state index in [0.29, 0.717) is 0 Å². The lowest BCUT2D eigenvalue weighted by molar-refractivity contribution is 0.218. The van der Waals surface area contributed by atoms with Crippen LogP contribution in [0.15, 0.2) is 39.7 Å². The molecule has 124 valence electrons. The topological polar surface area (TPSA) is 84.3 Å². The Labute approximate surface area is 139 Å². The van der Waals surface area contributed by atoms with Gasteiger partial charge in [0.1, 0.15) is 11.4 Å². The zero-order chi connectivity index (χ0) is 16.4. The first-order valence-corrected chi connectivity index (χ1v) is 7.92. The molecular weight excluding hydrogens is 308 g/mol. The quantitative estimate of drug-likeness (QED) is 0.717. The van der Waals surface area contributed by atoms with Crippen molar-refractivity contribution < 1.29 is 9.15 Å². The van der Waals surface area contributed by atoms with Gasteiger partial charge < -0.3 is 9.42 Å². The summed E-state index contributed by atoms with van der Waals surface area (Å²) in [7, 11) is 0. The van der Waals surface area contributed by atoms with Crippen LogP contribution in [0, 0.1) is 6.92 Å². The lowest BCUT2D eigenvalue weighted by Gasteiger charge is -2.33. The van der Waals surface area contributed by atoms with Gasteiger partial charge in [-0.3, -0.25) is 9.88 Å². The number of piperazine rings is 1. The first-order valence-electron chi connectivity index (χ1n) is 7.92. The molecule has 0 atom stereocenters. The lowest BCUT2D eigenvalue weighted by Crippen LogP contribution is -2.46. The Morgan fingerprint density at radius 3 is 2.54 bits per heavy atom. The van der Waals surface area contributed by atoms with Crippen LogP contribution in [0.4, 0.5) is 5.82 Å². The molecule has 8 nitrogen and oxygen atoms in total. The largest absolute Gasteiger partial charge is 0.359 e. The minimum atomic E-state index is 0.752. The van der Waals surface area contributed by atoms with Gasteiger partial charge in [0.2, 0.25) is 0 Å². The van der Waals surface area contributed by atoms with E-state index in [4.69, 9.17) is 9.15 Å². The third-order valence-corrected chi connectivity index (χ3v) is 4.21. The van der Waals surface area contributed by atoms with Crippen LogP contribution in [0.2, 0.25) is 0 Å². The Bertz CT molecular complexity index is 792. The van der Waals surface area contributed by atoms with Gasteiger partial charge in [-0.15, -0.1) is 0 Å². The molecule has 3 aromatic heterocycles. The molecule has 0 N–H and O–H groups in total. The smallest absolute Gasteiger partial charge is 0.196 e. The van der Waals surface area contributed by atoms with E-state index in [1.165, 1.54) is 0 Å². The van der Waals surface area contributed by atoms with Gasteiger partial charge in [-0.05, 0) is 24.2 Å². The molecule has 1 aliphatic rings. The zero-order valence-corrected chi connectivity index (χ0v) is 13.4. The molecule has 0 bridgehead atoms. The molecule has 0 radical (unpaired) electrons. The second kappa shape index (κ2) is 6.40. The maximum Gasteiger partial charge on any atom is 0.196 e. The van der Waals surface area contributed by atoms with Crippen molar-refractivity contribution in [1.82, 2.24) is 25.4 Å². The first kappa shape index (κ1) is 14.8. The van der Waals surface area contributed by atoms with Crippen molar-refractivity contribution in [3.8, 4) is 11.3 Å². The van der Waals surface area contributed by atoms with E-state index in [9.17, 15) is 0 Å². The molecule has 24 heavy (non-hydrogen) atoms. The number of hydrogen-bond donors (Lipinski definition) is 0. The van der Waals surface area contributed by atoms with E-state index >= 15 is 0 Å². The van der Waals surface area contributed by atoms with Crippen molar-refractivity contribution in [2.75, 3.05) is 31.1 Å². The van der Waals surface area contributed by atoms with Crippen molar-refractivity contribution >= 4 is 5.82 Å². The molecule has 0 spiro atoms. The molecule has 0 aromatic carbocycles. The predicted octanol–water partition coefficient (Wildman–Crippen LogP) is 1.75. The Morgan fingerprint density at radius 2 is 1.83 bits per heavy atom. The summed E-state index contributed by atoms with van der Waals surface area (Å²) >= 11 is 0. The Morgan fingerprint density at radius 1 is 1.04 bits per heavy atom. The molecule has 4 rings (SSSR count). The van der Waals surface area contributed by atoms with Gasteiger partial charge in [0.05, 0.1) is 6.54 Å². The third kappa shape index (κ3) is 3.00. The van der Waals surface area contributed by atoms with Crippen LogP contribution in [0.5, 0.6) is 0 Å². The summed E-state index contributed by atoms with van der Waals surface area (Å²) < 4.78 is 10.3. The molecule has 1 saturated heterocycles. The number of rotatable bonds is 4. The number of aromatic nitrogens is 4. The molecule has 4 heterocycles. The second-order valence-electron chi connectivity index (χ2n) is 5.85. The van der Waals surface area contributed by atoms with Crippen LogP contribution in [-0.2, 0) is 6.54 Å². The number of hydrogen-bond acceptors (Lipinski definition) is 8. The number of aryl methyl sites for hydroxylation is 1. The van der Waals surface area contributed by atoms with Crippen LogP contribution in [0.3, 0.4) is 0 Å². The van der Waals surface area contributed by atoms with Gasteiger partial charge >= 0.3 is 0 Å². The summed E-state index contributed by atoms with van der Waals surface area (Å²) in [4.78, 5) is 8.56. The highest BCUT2D eigenvalue weighted by atomic mass is 16.6. The van der Waals surface area contributed by atoms with Gasteiger partial charge in [-0.2, -0.15) is 0 Å². The highest BCUT2D eigenvalue weighted by molar-refractivity contribution is 5.57. The Kier molecular flexibility index (Phi) is 3.96. The number of anilines is 1. The summed E-state index contributed by atoms with van der Waals surface area (Å²) in [5, 5.41) is 12.0. The van der Waals surface area contributed by atoms with Gasteiger partial charge in [-0.25, -0.2) is 4.63 Å². The third-order valence-electron chi connectivity index (χ3n) is 4.21. The van der Waals surface area contributed by atoms with Gasteiger partial charge in [0.25, 0.3) is 0 Å². The molecule has 0 amide bonds. The summed E-state index contributed by atoms with van der Waals surface area (Å²) in [5.41, 5.74) is 2.69. The molecule has 1 fully saturated rings. The minimum Gasteiger partial charge on any atom is -0.359 e. The predicted molar refractivity (Wildman–Crippen MR) is 86.3 cm³/mol. The van der Waals surface area contributed by atoms with Crippen molar-refractivity contribution in [3.05, 3.63) is 42.0 Å². The molecule has 3 aromatic rings. The zero-order valence-electron chi connectivity index (χ0n) is 13.4. The van der Waals surface area contributed by atoms with E-state index in [1.54, 1.807) is 12.4 Å². The fraction of sp³-hybridized carbons (Fsp3) is 0.375. The molecule has 8 heteroatoms. The van der Waals surface area contributed by atoms with Gasteiger partial charge in [0.15, 0.2) is 11.6 Å². The Hall–Kier alpha value is -2.74. The van der Waals surface area contributed by atoms with Crippen LogP contribution in [0.1, 0.15) is 11.5 Å². The average molecular weight is 326 g/mol. The van der Waals surface area contributed by atoms with E-state index in [-0.39, 0.29) is 0 Å². The van der Waals surface area contributed by atoms with Gasteiger partial charge in [-0.1, -0.05) is 10.3 Å². The summed E-state index contributed by atoms with van der Waals surface area (Å²) in [5.74, 6) is 1.71. The minimum absolute atomic E-state index is 0.752. The fourth-order valence-electron chi connectivity index (χ4n) is 2.90. The maximum absolute atomic E-state index is 5.48. The molecule has 1 aliphatic heterocycles. The monoisotopic (exact) mass is 326 g/mol. The lowest BCUT2D eigenvalue weighted by atomic mass is 10.2. The average Bonchev–Trinajstić information content (AvgIpc) is 3.26. The number of nitrogens with zero attached hydrogens (tertiary/aromatic N) is 6. The normalized spacial score (nSPS) is 15.8. The standard InChI is InChI=1S/C16H18N6O2/c1-12-16(20-24-18-12)22-8-6-21(7-9-22)11-14-10-15(19-23-14)13-2-4-17-5-3-13/h2-5,10H,6-9,11H2,1H3. The van der Waals surface area contributed by atoms with Crippen LogP contribution in [0.25, 0.3) is 11.3 Å². The highest BCUT2D eigenvalue weighted by Crippen LogP contribution is 2.21. The van der Waals surface area contributed by atoms with Crippen LogP contribution >= 0.6 is 0 Å². The first-order chi connectivity index (χ1) is 11.8. The second-order valence-corrected chi connectivity index (χ2v) is 5.85. The van der Waals surface area contributed by atoms with Gasteiger partial charge in [0, 0.05) is 50.2 Å². The molecule has 0 saturated carbocycles. The molecule has 0 aliphatic carbocycles. The SMILES string of the molecule is Cc1nonc1N1CCN(Cc2cc(-c3ccncc3)no2)CC1. The summed E-state index contributed by atoms with van der Waals surface area (Å²) in [6.07, 6.45) is 3.51. The summed E-state index contributed by atoms with van der Waals surface area (Å²) in [6, 6.07) is 5.84. The number of pyridine rings is 1. The van der Waals surface area contributed by atoms with Crippen molar-refractivity contribution in [2.24, 2.45) is 0 Å². The van der Waals surface area contributed by atoms with E-state index in [0.717, 1.165) is 61.3 Å². The molecule has 0 unspecified atom stereocenters. The van der Waals surface area contributed by atoms with Crippen molar-refractivity contribution in [1.29, 1.82) is 0 Å². The van der Waals surface area contributed by atoms with E-state index in [2.05, 4.69) is 30.3 Å². The summed E-state index contributed by atoms with van der Waals surface area (Å²) in [6.45, 7) is 6.30. The highest BCUT2D eigenvalue weighted by Gasteiger charge is 2.22. The van der Waals surface area contributed by atoms with Crippen LogP contribution in [-0.4, -0.2) is 51.5 Å².